The second-order valence-electron chi connectivity index (χ2n) is 5.54. The Labute approximate surface area is 123 Å². The Morgan fingerprint density at radius 1 is 1.21 bits per heavy atom. The molecule has 1 saturated carbocycles. The molecule has 19 heavy (non-hydrogen) atoms. The zero-order valence-electron chi connectivity index (χ0n) is 11.3. The van der Waals surface area contributed by atoms with E-state index in [2.05, 4.69) is 33.1 Å². The summed E-state index contributed by atoms with van der Waals surface area (Å²) in [7, 11) is 2.14. The lowest BCUT2D eigenvalue weighted by atomic mass is 9.78. The standard InChI is InChI=1S/C9H16N2O.C6H5Br/c1-11-5-7-3-2-4-9(10-12)8(7)6-11;7-6-4-2-1-3-5-6/h7-9H,2-6H2,1H3;1-5H. The molecular formula is C15H21BrN2O. The summed E-state index contributed by atoms with van der Waals surface area (Å²) in [5, 5.41) is 3.25. The van der Waals surface area contributed by atoms with E-state index in [0.29, 0.717) is 5.92 Å². The number of likely N-dealkylation sites (tertiary alicyclic amines) is 1. The van der Waals surface area contributed by atoms with Crippen LogP contribution in [-0.2, 0) is 0 Å². The highest BCUT2D eigenvalue weighted by Crippen LogP contribution is 2.37. The van der Waals surface area contributed by atoms with E-state index in [9.17, 15) is 4.91 Å². The average Bonchev–Trinajstić information content (AvgIpc) is 2.80. The lowest BCUT2D eigenvalue weighted by Crippen LogP contribution is -2.29. The van der Waals surface area contributed by atoms with Gasteiger partial charge in [-0.2, -0.15) is 4.91 Å². The Morgan fingerprint density at radius 2 is 1.95 bits per heavy atom. The molecule has 0 spiro atoms. The van der Waals surface area contributed by atoms with Crippen LogP contribution in [0.25, 0.3) is 0 Å². The van der Waals surface area contributed by atoms with Crippen molar-refractivity contribution < 1.29 is 0 Å². The first kappa shape index (κ1) is 14.7. The lowest BCUT2D eigenvalue weighted by molar-refractivity contribution is 0.260. The fraction of sp³-hybridized carbons (Fsp3) is 0.600. The Balaban J connectivity index is 0.000000163. The number of fused-ring (bicyclic) bond motifs is 1. The molecule has 2 fully saturated rings. The summed E-state index contributed by atoms with van der Waals surface area (Å²) in [5.41, 5.74) is 0. The van der Waals surface area contributed by atoms with Crippen molar-refractivity contribution in [1.29, 1.82) is 0 Å². The van der Waals surface area contributed by atoms with Crippen molar-refractivity contribution in [2.75, 3.05) is 20.1 Å². The molecule has 104 valence electrons. The van der Waals surface area contributed by atoms with E-state index < -0.39 is 0 Å². The predicted octanol–water partition coefficient (Wildman–Crippen LogP) is 3.93. The molecule has 1 aliphatic heterocycles. The molecule has 1 heterocycles. The van der Waals surface area contributed by atoms with Gasteiger partial charge in [0.05, 0.1) is 6.04 Å². The van der Waals surface area contributed by atoms with Crippen LogP contribution in [0.4, 0.5) is 0 Å². The van der Waals surface area contributed by atoms with Gasteiger partial charge in [0.15, 0.2) is 0 Å². The van der Waals surface area contributed by atoms with Gasteiger partial charge < -0.3 is 4.90 Å². The molecule has 0 amide bonds. The van der Waals surface area contributed by atoms with Crippen molar-refractivity contribution in [1.82, 2.24) is 4.90 Å². The smallest absolute Gasteiger partial charge is 0.0963 e. The summed E-state index contributed by atoms with van der Waals surface area (Å²) in [5.74, 6) is 1.33. The van der Waals surface area contributed by atoms with E-state index in [-0.39, 0.29) is 6.04 Å². The molecule has 2 aliphatic rings. The van der Waals surface area contributed by atoms with Crippen LogP contribution in [-0.4, -0.2) is 31.1 Å². The highest BCUT2D eigenvalue weighted by molar-refractivity contribution is 9.10. The van der Waals surface area contributed by atoms with Gasteiger partial charge in [-0.1, -0.05) is 45.7 Å². The third-order valence-electron chi connectivity index (χ3n) is 4.11. The Bertz CT molecular complexity index is 398. The molecule has 3 atom stereocenters. The Morgan fingerprint density at radius 3 is 2.53 bits per heavy atom. The zero-order valence-corrected chi connectivity index (χ0v) is 12.9. The fourth-order valence-electron chi connectivity index (χ4n) is 3.21. The number of hydrogen-bond donors (Lipinski definition) is 0. The van der Waals surface area contributed by atoms with Gasteiger partial charge in [0.1, 0.15) is 0 Å². The molecule has 3 nitrogen and oxygen atoms in total. The minimum atomic E-state index is 0.119. The molecule has 1 aromatic rings. The lowest BCUT2D eigenvalue weighted by Gasteiger charge is -2.27. The minimum Gasteiger partial charge on any atom is -0.306 e. The van der Waals surface area contributed by atoms with Crippen molar-refractivity contribution in [2.45, 2.75) is 25.3 Å². The quantitative estimate of drug-likeness (QED) is 0.733. The van der Waals surface area contributed by atoms with Crippen LogP contribution >= 0.6 is 15.9 Å². The van der Waals surface area contributed by atoms with Crippen LogP contribution in [0.1, 0.15) is 19.3 Å². The van der Waals surface area contributed by atoms with Crippen molar-refractivity contribution >= 4 is 15.9 Å². The van der Waals surface area contributed by atoms with Gasteiger partial charge in [-0.05, 0) is 37.9 Å². The van der Waals surface area contributed by atoms with Crippen molar-refractivity contribution in [2.24, 2.45) is 17.0 Å². The van der Waals surface area contributed by atoms with Crippen molar-refractivity contribution in [3.05, 3.63) is 39.7 Å². The largest absolute Gasteiger partial charge is 0.306 e. The first-order chi connectivity index (χ1) is 9.20. The van der Waals surface area contributed by atoms with Gasteiger partial charge in [0, 0.05) is 23.5 Å². The molecular weight excluding hydrogens is 304 g/mol. The molecule has 4 heteroatoms. The van der Waals surface area contributed by atoms with Crippen LogP contribution < -0.4 is 0 Å². The monoisotopic (exact) mass is 324 g/mol. The van der Waals surface area contributed by atoms with Crippen molar-refractivity contribution in [3.8, 4) is 0 Å². The van der Waals surface area contributed by atoms with Crippen LogP contribution in [0.2, 0.25) is 0 Å². The highest BCUT2D eigenvalue weighted by Gasteiger charge is 2.39. The number of nitroso groups, excluding NO2 is 1. The molecule has 1 saturated heterocycles. The molecule has 0 N–H and O–H groups in total. The molecule has 0 aromatic heterocycles. The predicted molar refractivity (Wildman–Crippen MR) is 82.1 cm³/mol. The summed E-state index contributed by atoms with van der Waals surface area (Å²) < 4.78 is 1.13. The summed E-state index contributed by atoms with van der Waals surface area (Å²) in [6.45, 7) is 2.26. The van der Waals surface area contributed by atoms with E-state index in [1.54, 1.807) is 0 Å². The average molecular weight is 325 g/mol. The first-order valence-electron chi connectivity index (χ1n) is 6.92. The third-order valence-corrected chi connectivity index (χ3v) is 4.64. The Kier molecular flexibility index (Phi) is 5.52. The summed E-state index contributed by atoms with van der Waals surface area (Å²) in [6.07, 6.45) is 3.53. The number of benzene rings is 1. The van der Waals surface area contributed by atoms with Crippen LogP contribution in [0.5, 0.6) is 0 Å². The third kappa shape index (κ3) is 4.11. The van der Waals surface area contributed by atoms with Crippen LogP contribution in [0.15, 0.2) is 40.0 Å². The normalized spacial score (nSPS) is 30.1. The molecule has 1 aliphatic carbocycles. The van der Waals surface area contributed by atoms with Gasteiger partial charge in [-0.3, -0.25) is 0 Å². The van der Waals surface area contributed by atoms with Gasteiger partial charge in [0.2, 0.25) is 0 Å². The molecule has 1 aromatic carbocycles. The number of rotatable bonds is 1. The van der Waals surface area contributed by atoms with E-state index >= 15 is 0 Å². The van der Waals surface area contributed by atoms with Gasteiger partial charge >= 0.3 is 0 Å². The summed E-state index contributed by atoms with van der Waals surface area (Å²) >= 11 is 3.31. The van der Waals surface area contributed by atoms with Gasteiger partial charge in [0.25, 0.3) is 0 Å². The maximum Gasteiger partial charge on any atom is 0.0963 e. The summed E-state index contributed by atoms with van der Waals surface area (Å²) in [4.78, 5) is 12.9. The molecule has 0 bridgehead atoms. The van der Waals surface area contributed by atoms with Gasteiger partial charge in [-0.15, -0.1) is 0 Å². The second kappa shape index (κ2) is 7.15. The number of nitrogens with zero attached hydrogens (tertiary/aromatic N) is 2. The van der Waals surface area contributed by atoms with E-state index in [4.69, 9.17) is 0 Å². The van der Waals surface area contributed by atoms with Gasteiger partial charge in [-0.25, -0.2) is 0 Å². The minimum absolute atomic E-state index is 0.119. The number of hydrogen-bond acceptors (Lipinski definition) is 3. The maximum atomic E-state index is 10.5. The van der Waals surface area contributed by atoms with E-state index in [0.717, 1.165) is 23.4 Å². The van der Waals surface area contributed by atoms with E-state index in [1.165, 1.54) is 19.4 Å². The number of halogens is 1. The summed E-state index contributed by atoms with van der Waals surface area (Å²) in [6, 6.07) is 10.1. The molecule has 3 unspecified atom stereocenters. The Hall–Kier alpha value is -0.740. The first-order valence-corrected chi connectivity index (χ1v) is 7.71. The maximum absolute atomic E-state index is 10.5. The topological polar surface area (TPSA) is 32.7 Å². The molecule has 3 rings (SSSR count). The van der Waals surface area contributed by atoms with Crippen LogP contribution in [0, 0.1) is 16.7 Å². The second-order valence-corrected chi connectivity index (χ2v) is 6.46. The fourth-order valence-corrected chi connectivity index (χ4v) is 3.51. The van der Waals surface area contributed by atoms with Crippen molar-refractivity contribution in [3.63, 3.8) is 0 Å². The zero-order chi connectivity index (χ0) is 13.7. The van der Waals surface area contributed by atoms with Crippen LogP contribution in [0.3, 0.4) is 0 Å². The van der Waals surface area contributed by atoms with E-state index in [1.807, 2.05) is 30.3 Å². The highest BCUT2D eigenvalue weighted by atomic mass is 79.9. The molecule has 0 radical (unpaired) electrons. The SMILES string of the molecule is Brc1ccccc1.CN1CC2CCCC(N=O)C2C1.